The summed E-state index contributed by atoms with van der Waals surface area (Å²) in [4.78, 5) is 2.35. The van der Waals surface area contributed by atoms with Crippen LogP contribution in [-0.4, -0.2) is 23.1 Å². The molecule has 1 aromatic rings. The van der Waals surface area contributed by atoms with Crippen LogP contribution in [0.3, 0.4) is 0 Å². The highest BCUT2D eigenvalue weighted by molar-refractivity contribution is 5.06. The van der Waals surface area contributed by atoms with Gasteiger partial charge in [-0.2, -0.15) is 0 Å². The number of hydrogen-bond donors (Lipinski definition) is 1. The van der Waals surface area contributed by atoms with Gasteiger partial charge in [0.1, 0.15) is 18.1 Å². The Bertz CT molecular complexity index is 270. The fourth-order valence-corrected chi connectivity index (χ4v) is 1.54. The second kappa shape index (κ2) is 6.64. The van der Waals surface area contributed by atoms with Crippen molar-refractivity contribution in [2.45, 2.75) is 39.8 Å². The van der Waals surface area contributed by atoms with Crippen LogP contribution in [0.4, 0.5) is 0 Å². The summed E-state index contributed by atoms with van der Waals surface area (Å²) in [6, 6.07) is 3.78. The Balaban J connectivity index is 2.43. The number of rotatable bonds is 7. The van der Waals surface area contributed by atoms with E-state index in [0.29, 0.717) is 5.76 Å². The van der Waals surface area contributed by atoms with E-state index in [9.17, 15) is 0 Å². The Morgan fingerprint density at radius 3 is 2.53 bits per heavy atom. The number of nitrogens with zero attached hydrogens (tertiary/aromatic N) is 1. The Labute approximate surface area is 91.7 Å². The second-order valence-corrected chi connectivity index (χ2v) is 3.75. The van der Waals surface area contributed by atoms with Crippen LogP contribution >= 0.6 is 0 Å². The summed E-state index contributed by atoms with van der Waals surface area (Å²) in [6.45, 7) is 7.34. The number of aliphatic hydroxyl groups excluding tert-OH is 1. The van der Waals surface area contributed by atoms with Crippen molar-refractivity contribution in [1.29, 1.82) is 0 Å². The van der Waals surface area contributed by atoms with Gasteiger partial charge in [0.05, 0.1) is 6.54 Å². The Hall–Kier alpha value is -0.800. The van der Waals surface area contributed by atoms with Crippen LogP contribution in [0.15, 0.2) is 16.5 Å². The van der Waals surface area contributed by atoms with Gasteiger partial charge in [0.15, 0.2) is 0 Å². The van der Waals surface area contributed by atoms with Crippen LogP contribution in [0, 0.1) is 0 Å². The van der Waals surface area contributed by atoms with E-state index < -0.39 is 0 Å². The van der Waals surface area contributed by atoms with Crippen molar-refractivity contribution in [1.82, 2.24) is 4.90 Å². The van der Waals surface area contributed by atoms with E-state index in [1.807, 2.05) is 12.1 Å². The summed E-state index contributed by atoms with van der Waals surface area (Å²) < 4.78 is 5.45. The molecule has 0 saturated carbocycles. The first-order valence-corrected chi connectivity index (χ1v) is 5.71. The fourth-order valence-electron chi connectivity index (χ4n) is 1.54. The van der Waals surface area contributed by atoms with Crippen LogP contribution in [0.25, 0.3) is 0 Å². The SMILES string of the molecule is CCCCN(CC)Cc1ccc(CO)o1. The average Bonchev–Trinajstić information content (AvgIpc) is 2.71. The minimum absolute atomic E-state index is 0.0128. The van der Waals surface area contributed by atoms with E-state index >= 15 is 0 Å². The highest BCUT2D eigenvalue weighted by atomic mass is 16.4. The van der Waals surface area contributed by atoms with Crippen molar-refractivity contribution >= 4 is 0 Å². The smallest absolute Gasteiger partial charge is 0.129 e. The van der Waals surface area contributed by atoms with Crippen LogP contribution in [0.1, 0.15) is 38.2 Å². The van der Waals surface area contributed by atoms with Gasteiger partial charge in [0.2, 0.25) is 0 Å². The van der Waals surface area contributed by atoms with Gasteiger partial charge in [0, 0.05) is 0 Å². The van der Waals surface area contributed by atoms with Gasteiger partial charge in [-0.25, -0.2) is 0 Å². The average molecular weight is 211 g/mol. The van der Waals surface area contributed by atoms with Gasteiger partial charge in [-0.1, -0.05) is 20.3 Å². The van der Waals surface area contributed by atoms with E-state index in [1.54, 1.807) is 0 Å². The first kappa shape index (κ1) is 12.3. The second-order valence-electron chi connectivity index (χ2n) is 3.75. The molecular weight excluding hydrogens is 190 g/mol. The highest BCUT2D eigenvalue weighted by Crippen LogP contribution is 2.11. The molecular formula is C12H21NO2. The van der Waals surface area contributed by atoms with Gasteiger partial charge in [0.25, 0.3) is 0 Å². The molecule has 0 aliphatic carbocycles. The molecule has 0 bridgehead atoms. The molecule has 0 unspecified atom stereocenters. The van der Waals surface area contributed by atoms with Crippen LogP contribution in [0.2, 0.25) is 0 Å². The van der Waals surface area contributed by atoms with Gasteiger partial charge in [-0.05, 0) is 31.6 Å². The van der Waals surface area contributed by atoms with Crippen molar-refractivity contribution in [3.63, 3.8) is 0 Å². The minimum Gasteiger partial charge on any atom is -0.462 e. The van der Waals surface area contributed by atoms with E-state index in [0.717, 1.165) is 25.4 Å². The van der Waals surface area contributed by atoms with Gasteiger partial charge in [-0.3, -0.25) is 4.90 Å². The van der Waals surface area contributed by atoms with E-state index in [4.69, 9.17) is 9.52 Å². The molecule has 86 valence electrons. The largest absolute Gasteiger partial charge is 0.462 e. The first-order valence-electron chi connectivity index (χ1n) is 5.71. The fraction of sp³-hybridized carbons (Fsp3) is 0.667. The summed E-state index contributed by atoms with van der Waals surface area (Å²) in [6.07, 6.45) is 2.44. The molecule has 1 heterocycles. The van der Waals surface area contributed by atoms with E-state index in [2.05, 4.69) is 18.7 Å². The molecule has 0 atom stereocenters. The summed E-state index contributed by atoms with van der Waals surface area (Å²) in [7, 11) is 0. The topological polar surface area (TPSA) is 36.6 Å². The third-order valence-electron chi connectivity index (χ3n) is 2.53. The van der Waals surface area contributed by atoms with Crippen molar-refractivity contribution < 1.29 is 9.52 Å². The van der Waals surface area contributed by atoms with Crippen LogP contribution in [-0.2, 0) is 13.2 Å². The van der Waals surface area contributed by atoms with Gasteiger partial charge < -0.3 is 9.52 Å². The highest BCUT2D eigenvalue weighted by Gasteiger charge is 2.06. The molecule has 1 aromatic heterocycles. The minimum atomic E-state index is -0.0128. The third-order valence-corrected chi connectivity index (χ3v) is 2.53. The molecule has 3 heteroatoms. The molecule has 0 aliphatic rings. The quantitative estimate of drug-likeness (QED) is 0.752. The van der Waals surface area contributed by atoms with Crippen molar-refractivity contribution in [3.05, 3.63) is 23.7 Å². The molecule has 0 aromatic carbocycles. The van der Waals surface area contributed by atoms with Gasteiger partial charge >= 0.3 is 0 Å². The maximum atomic E-state index is 8.88. The number of unbranched alkanes of at least 4 members (excludes halogenated alkanes) is 1. The maximum Gasteiger partial charge on any atom is 0.129 e. The molecule has 0 saturated heterocycles. The molecule has 3 nitrogen and oxygen atoms in total. The lowest BCUT2D eigenvalue weighted by atomic mass is 10.3. The standard InChI is InChI=1S/C12H21NO2/c1-3-5-8-13(4-2)9-11-6-7-12(10-14)15-11/h6-7,14H,3-5,8-10H2,1-2H3. The predicted octanol–water partition coefficient (Wildman–Crippen LogP) is 2.39. The Morgan fingerprint density at radius 1 is 1.27 bits per heavy atom. The lowest BCUT2D eigenvalue weighted by Crippen LogP contribution is -2.23. The monoisotopic (exact) mass is 211 g/mol. The van der Waals surface area contributed by atoms with Crippen molar-refractivity contribution in [2.75, 3.05) is 13.1 Å². The zero-order chi connectivity index (χ0) is 11.1. The van der Waals surface area contributed by atoms with E-state index in [1.165, 1.54) is 12.8 Å². The summed E-state index contributed by atoms with van der Waals surface area (Å²) in [5.74, 6) is 1.59. The number of aliphatic hydroxyl groups is 1. The maximum absolute atomic E-state index is 8.88. The van der Waals surface area contributed by atoms with E-state index in [-0.39, 0.29) is 6.61 Å². The molecule has 0 fully saturated rings. The lowest BCUT2D eigenvalue weighted by Gasteiger charge is -2.18. The molecule has 1 rings (SSSR count). The van der Waals surface area contributed by atoms with Crippen molar-refractivity contribution in [2.24, 2.45) is 0 Å². The van der Waals surface area contributed by atoms with Crippen molar-refractivity contribution in [3.8, 4) is 0 Å². The third kappa shape index (κ3) is 4.06. The number of hydrogen-bond acceptors (Lipinski definition) is 3. The molecule has 0 radical (unpaired) electrons. The molecule has 0 amide bonds. The summed E-state index contributed by atoms with van der Waals surface area (Å²) >= 11 is 0. The molecule has 0 aliphatic heterocycles. The Morgan fingerprint density at radius 2 is 2.00 bits per heavy atom. The lowest BCUT2D eigenvalue weighted by molar-refractivity contribution is 0.222. The number of furan rings is 1. The van der Waals surface area contributed by atoms with Crippen LogP contribution in [0.5, 0.6) is 0 Å². The zero-order valence-electron chi connectivity index (χ0n) is 9.70. The predicted molar refractivity (Wildman–Crippen MR) is 60.5 cm³/mol. The molecule has 15 heavy (non-hydrogen) atoms. The summed E-state index contributed by atoms with van der Waals surface area (Å²) in [5, 5.41) is 8.88. The molecule has 0 spiro atoms. The van der Waals surface area contributed by atoms with Crippen LogP contribution < -0.4 is 0 Å². The molecule has 1 N–H and O–H groups in total. The Kier molecular flexibility index (Phi) is 5.43. The summed E-state index contributed by atoms with van der Waals surface area (Å²) in [5.41, 5.74) is 0. The normalized spacial score (nSPS) is 11.2. The first-order chi connectivity index (χ1) is 7.30. The zero-order valence-corrected chi connectivity index (χ0v) is 9.70. The van der Waals surface area contributed by atoms with Gasteiger partial charge in [-0.15, -0.1) is 0 Å².